The topological polar surface area (TPSA) is 77.0 Å². The van der Waals surface area contributed by atoms with E-state index < -0.39 is 5.60 Å². The molecular weight excluding hydrogens is 304 g/mol. The van der Waals surface area contributed by atoms with Crippen molar-refractivity contribution in [3.63, 3.8) is 0 Å². The molecule has 1 aliphatic heterocycles. The number of amides is 1. The number of carbonyl (C=O) groups is 1. The van der Waals surface area contributed by atoms with Gasteiger partial charge in [0.05, 0.1) is 5.56 Å². The fourth-order valence-corrected chi connectivity index (χ4v) is 2.83. The number of pyridine rings is 1. The van der Waals surface area contributed by atoms with Crippen LogP contribution in [0.2, 0.25) is 0 Å². The zero-order valence-corrected chi connectivity index (χ0v) is 14.1. The Kier molecular flexibility index (Phi) is 4.85. The Hall–Kier alpha value is -2.34. The average Bonchev–Trinajstić information content (AvgIpc) is 2.61. The first-order chi connectivity index (χ1) is 11.6. The van der Waals surface area contributed by atoms with E-state index in [1.807, 2.05) is 13.8 Å². The minimum atomic E-state index is -0.396. The molecule has 3 heterocycles. The number of nitrogens with one attached hydrogen (secondary N) is 1. The first-order valence-corrected chi connectivity index (χ1v) is 8.24. The van der Waals surface area contributed by atoms with Gasteiger partial charge in [-0.2, -0.15) is 0 Å². The maximum atomic E-state index is 12.2. The van der Waals surface area contributed by atoms with E-state index in [4.69, 9.17) is 4.74 Å². The summed E-state index contributed by atoms with van der Waals surface area (Å²) in [4.78, 5) is 25.2. The molecule has 0 aliphatic carbocycles. The second-order valence-electron chi connectivity index (χ2n) is 6.27. The molecule has 3 rings (SSSR count). The van der Waals surface area contributed by atoms with Crippen LogP contribution in [-0.2, 0) is 16.9 Å². The summed E-state index contributed by atoms with van der Waals surface area (Å²) in [5.74, 6) is 0.563. The van der Waals surface area contributed by atoms with Crippen LogP contribution < -0.4 is 5.32 Å². The largest absolute Gasteiger partial charge is 0.367 e. The third kappa shape index (κ3) is 3.59. The molecule has 0 unspecified atom stereocenters. The monoisotopic (exact) mass is 326 g/mol. The van der Waals surface area contributed by atoms with E-state index in [-0.39, 0.29) is 5.91 Å². The van der Waals surface area contributed by atoms with Gasteiger partial charge < -0.3 is 10.1 Å². The fraction of sp³-hybridized carbons (Fsp3) is 0.444. The Balaban J connectivity index is 1.62. The van der Waals surface area contributed by atoms with Crippen LogP contribution >= 0.6 is 0 Å². The van der Waals surface area contributed by atoms with Crippen LogP contribution in [-0.4, -0.2) is 27.5 Å². The summed E-state index contributed by atoms with van der Waals surface area (Å²) in [6, 6.07) is 3.52. The first kappa shape index (κ1) is 16.5. The van der Waals surface area contributed by atoms with Crippen molar-refractivity contribution in [2.45, 2.75) is 45.3 Å². The normalized spacial score (nSPS) is 20.6. The number of rotatable bonds is 4. The summed E-state index contributed by atoms with van der Waals surface area (Å²) < 4.78 is 5.86. The number of aryl methyl sites for hydroxylation is 1. The Morgan fingerprint density at radius 3 is 2.75 bits per heavy atom. The molecule has 0 radical (unpaired) electrons. The fourth-order valence-electron chi connectivity index (χ4n) is 2.83. The Labute approximate surface area is 141 Å². The summed E-state index contributed by atoms with van der Waals surface area (Å²) in [6.45, 7) is 4.99. The Morgan fingerprint density at radius 1 is 1.29 bits per heavy atom. The smallest absolute Gasteiger partial charge is 0.253 e. The summed E-state index contributed by atoms with van der Waals surface area (Å²) >= 11 is 0. The quantitative estimate of drug-likeness (QED) is 0.934. The molecule has 6 heteroatoms. The Bertz CT molecular complexity index is 709. The highest BCUT2D eigenvalue weighted by atomic mass is 16.5. The van der Waals surface area contributed by atoms with E-state index in [2.05, 4.69) is 20.3 Å². The van der Waals surface area contributed by atoms with Crippen molar-refractivity contribution in [3.05, 3.63) is 53.4 Å². The van der Waals surface area contributed by atoms with Crippen LogP contribution in [0.15, 0.2) is 30.7 Å². The molecule has 0 spiro atoms. The van der Waals surface area contributed by atoms with Crippen LogP contribution in [0.1, 0.15) is 53.6 Å². The van der Waals surface area contributed by atoms with Gasteiger partial charge in [0.1, 0.15) is 5.60 Å². The zero-order chi connectivity index (χ0) is 17.0. The molecule has 126 valence electrons. The molecule has 1 aliphatic rings. The summed E-state index contributed by atoms with van der Waals surface area (Å²) in [6.07, 6.45) is 8.33. The van der Waals surface area contributed by atoms with Crippen LogP contribution in [0.25, 0.3) is 0 Å². The summed E-state index contributed by atoms with van der Waals surface area (Å²) in [5.41, 5.74) is 1.75. The molecule has 1 fully saturated rings. The Morgan fingerprint density at radius 2 is 2.08 bits per heavy atom. The standard InChI is InChI=1S/C18H22N4O2/c1-13-15(6-5-8-19-13)16(23)20-10-14-11-21-17(22-12-14)18(2)7-3-4-9-24-18/h5-6,8,11-12H,3-4,7,9-10H2,1-2H3,(H,20,23)/t18-/m0/s1. The van der Waals surface area contributed by atoms with Gasteiger partial charge >= 0.3 is 0 Å². The highest BCUT2D eigenvalue weighted by molar-refractivity contribution is 5.95. The van der Waals surface area contributed by atoms with Gasteiger partial charge in [0.15, 0.2) is 5.82 Å². The number of aromatic nitrogens is 3. The minimum Gasteiger partial charge on any atom is -0.367 e. The van der Waals surface area contributed by atoms with Gasteiger partial charge in [-0.25, -0.2) is 9.97 Å². The van der Waals surface area contributed by atoms with Gasteiger partial charge in [0.25, 0.3) is 5.91 Å². The minimum absolute atomic E-state index is 0.146. The van der Waals surface area contributed by atoms with Crippen molar-refractivity contribution in [2.75, 3.05) is 6.61 Å². The molecule has 6 nitrogen and oxygen atoms in total. The second kappa shape index (κ2) is 7.05. The maximum Gasteiger partial charge on any atom is 0.253 e. The van der Waals surface area contributed by atoms with E-state index in [1.165, 1.54) is 0 Å². The van der Waals surface area contributed by atoms with Crippen molar-refractivity contribution in [1.29, 1.82) is 0 Å². The van der Waals surface area contributed by atoms with Crippen molar-refractivity contribution < 1.29 is 9.53 Å². The highest BCUT2D eigenvalue weighted by Gasteiger charge is 2.32. The predicted octanol–water partition coefficient (Wildman–Crippen LogP) is 2.53. The van der Waals surface area contributed by atoms with Crippen molar-refractivity contribution in [2.24, 2.45) is 0 Å². The summed E-state index contributed by atoms with van der Waals surface area (Å²) in [7, 11) is 0. The van der Waals surface area contributed by atoms with Crippen LogP contribution in [0, 0.1) is 6.92 Å². The third-order valence-electron chi connectivity index (χ3n) is 4.35. The molecule has 2 aromatic heterocycles. The van der Waals surface area contributed by atoms with E-state index in [0.717, 1.165) is 31.4 Å². The van der Waals surface area contributed by atoms with Gasteiger partial charge in [-0.3, -0.25) is 9.78 Å². The lowest BCUT2D eigenvalue weighted by Crippen LogP contribution is -2.32. The number of hydrogen-bond donors (Lipinski definition) is 1. The average molecular weight is 326 g/mol. The molecule has 1 amide bonds. The van der Waals surface area contributed by atoms with E-state index in [1.54, 1.807) is 30.7 Å². The number of hydrogen-bond acceptors (Lipinski definition) is 5. The highest BCUT2D eigenvalue weighted by Crippen LogP contribution is 2.32. The molecule has 24 heavy (non-hydrogen) atoms. The van der Waals surface area contributed by atoms with Crippen molar-refractivity contribution in [3.8, 4) is 0 Å². The van der Waals surface area contributed by atoms with Gasteiger partial charge in [-0.1, -0.05) is 0 Å². The molecule has 0 bridgehead atoms. The molecule has 2 aromatic rings. The lowest BCUT2D eigenvalue weighted by Gasteiger charge is -2.32. The van der Waals surface area contributed by atoms with Crippen molar-refractivity contribution in [1.82, 2.24) is 20.3 Å². The third-order valence-corrected chi connectivity index (χ3v) is 4.35. The van der Waals surface area contributed by atoms with E-state index in [0.29, 0.717) is 23.6 Å². The predicted molar refractivity (Wildman–Crippen MR) is 89.3 cm³/mol. The number of carbonyl (C=O) groups excluding carboxylic acids is 1. The SMILES string of the molecule is Cc1ncccc1C(=O)NCc1cnc([C@]2(C)CCCCO2)nc1. The number of nitrogens with zero attached hydrogens (tertiary/aromatic N) is 3. The van der Waals surface area contributed by atoms with Crippen LogP contribution in [0.3, 0.4) is 0 Å². The lowest BCUT2D eigenvalue weighted by molar-refractivity contribution is -0.0760. The van der Waals surface area contributed by atoms with E-state index in [9.17, 15) is 4.79 Å². The van der Waals surface area contributed by atoms with Crippen LogP contribution in [0.5, 0.6) is 0 Å². The second-order valence-corrected chi connectivity index (χ2v) is 6.27. The maximum absolute atomic E-state index is 12.2. The van der Waals surface area contributed by atoms with Gasteiger partial charge in [-0.05, 0) is 45.2 Å². The molecule has 1 N–H and O–H groups in total. The molecule has 0 saturated carbocycles. The van der Waals surface area contributed by atoms with Crippen LogP contribution in [0.4, 0.5) is 0 Å². The first-order valence-electron chi connectivity index (χ1n) is 8.24. The summed E-state index contributed by atoms with van der Waals surface area (Å²) in [5, 5.41) is 2.87. The van der Waals surface area contributed by atoms with Crippen molar-refractivity contribution >= 4 is 5.91 Å². The lowest BCUT2D eigenvalue weighted by atomic mass is 9.95. The number of ether oxygens (including phenoxy) is 1. The molecule has 0 aromatic carbocycles. The van der Waals surface area contributed by atoms with Gasteiger partial charge in [0, 0.05) is 43.0 Å². The molecule has 1 saturated heterocycles. The van der Waals surface area contributed by atoms with Gasteiger partial charge in [-0.15, -0.1) is 0 Å². The molecular formula is C18H22N4O2. The molecule has 1 atom stereocenters. The zero-order valence-electron chi connectivity index (χ0n) is 14.1. The van der Waals surface area contributed by atoms with Gasteiger partial charge in [0.2, 0.25) is 0 Å². The van der Waals surface area contributed by atoms with E-state index >= 15 is 0 Å².